The second kappa shape index (κ2) is 15.3. The van der Waals surface area contributed by atoms with Crippen LogP contribution < -0.4 is 27.4 Å². The molecule has 0 aliphatic carbocycles. The largest absolute Gasteiger partial charge is 0.508 e. The van der Waals surface area contributed by atoms with Crippen molar-refractivity contribution in [1.82, 2.24) is 20.9 Å². The minimum atomic E-state index is -1.55. The molecular formula is C33H36N6O7. The Labute approximate surface area is 264 Å². The highest BCUT2D eigenvalue weighted by Gasteiger charge is 2.32. The van der Waals surface area contributed by atoms with E-state index in [0.29, 0.717) is 11.1 Å². The molecule has 0 radical (unpaired) electrons. The molecule has 0 fully saturated rings. The summed E-state index contributed by atoms with van der Waals surface area (Å²) in [4.78, 5) is 67.2. The monoisotopic (exact) mass is 628 g/mol. The molecule has 3 aromatic carbocycles. The van der Waals surface area contributed by atoms with Gasteiger partial charge in [0.05, 0.1) is 12.5 Å². The van der Waals surface area contributed by atoms with Crippen LogP contribution in [0.25, 0.3) is 10.9 Å². The highest BCUT2D eigenvalue weighted by molar-refractivity contribution is 5.96. The van der Waals surface area contributed by atoms with Gasteiger partial charge in [-0.25, -0.2) is 4.79 Å². The van der Waals surface area contributed by atoms with Gasteiger partial charge in [0.25, 0.3) is 0 Å². The maximum absolute atomic E-state index is 13.7. The molecule has 0 aliphatic heterocycles. The molecule has 4 aromatic rings. The Morgan fingerprint density at radius 3 is 1.96 bits per heavy atom. The van der Waals surface area contributed by atoms with Gasteiger partial charge in [0.2, 0.25) is 23.6 Å². The maximum atomic E-state index is 13.7. The predicted molar refractivity (Wildman–Crippen MR) is 169 cm³/mol. The van der Waals surface area contributed by atoms with Crippen molar-refractivity contribution in [1.29, 1.82) is 0 Å². The third-order valence-corrected chi connectivity index (χ3v) is 7.40. The van der Waals surface area contributed by atoms with Gasteiger partial charge in [-0.3, -0.25) is 19.2 Å². The minimum Gasteiger partial charge on any atom is -0.508 e. The normalized spacial score (nSPS) is 13.6. The first-order valence-corrected chi connectivity index (χ1v) is 14.5. The molecule has 10 N–H and O–H groups in total. The lowest BCUT2D eigenvalue weighted by molar-refractivity contribution is -0.142. The Balaban J connectivity index is 1.53. The lowest BCUT2D eigenvalue weighted by atomic mass is 10.0. The van der Waals surface area contributed by atoms with Crippen LogP contribution >= 0.6 is 0 Å². The molecule has 4 rings (SSSR count). The molecule has 4 amide bonds. The number of nitrogens with one attached hydrogen (secondary N) is 4. The standard InChI is InChI=1S/C33H36N6O7/c34-24(14-19-6-2-1-3-7-19)30(42)37-26(16-21-18-36-25-9-5-4-8-23(21)25)31(43)38-27(17-29(35)41)32(44)39-28(33(45)46)15-20-10-12-22(40)13-11-20/h1-13,18,24,26-28,36,40H,14-17,34H2,(H2,35,41)(H,37,42)(H,38,43)(H,39,44)(H,45,46). The van der Waals surface area contributed by atoms with Gasteiger partial charge in [-0.1, -0.05) is 60.7 Å². The number of rotatable bonds is 15. The number of carboxylic acids is 1. The zero-order valence-electron chi connectivity index (χ0n) is 24.8. The van der Waals surface area contributed by atoms with E-state index in [-0.39, 0.29) is 25.0 Å². The first kappa shape index (κ1) is 33.2. The lowest BCUT2D eigenvalue weighted by Crippen LogP contribution is -2.58. The number of aromatic nitrogens is 1. The van der Waals surface area contributed by atoms with Crippen molar-refractivity contribution in [3.8, 4) is 5.75 Å². The van der Waals surface area contributed by atoms with E-state index in [9.17, 15) is 34.2 Å². The number of benzene rings is 3. The van der Waals surface area contributed by atoms with Gasteiger partial charge < -0.3 is 42.6 Å². The zero-order valence-corrected chi connectivity index (χ0v) is 24.8. The van der Waals surface area contributed by atoms with Gasteiger partial charge in [-0.2, -0.15) is 0 Å². The van der Waals surface area contributed by atoms with Gasteiger partial charge in [-0.15, -0.1) is 0 Å². The number of aromatic hydroxyl groups is 1. The van der Waals surface area contributed by atoms with Crippen LogP contribution in [0.3, 0.4) is 0 Å². The van der Waals surface area contributed by atoms with Crippen LogP contribution in [-0.4, -0.2) is 69.0 Å². The van der Waals surface area contributed by atoms with E-state index in [4.69, 9.17) is 11.5 Å². The van der Waals surface area contributed by atoms with Gasteiger partial charge in [0.15, 0.2) is 0 Å². The topological polar surface area (TPSA) is 230 Å². The number of amides is 4. The Kier molecular flexibility index (Phi) is 11.1. The number of para-hydroxylation sites is 1. The van der Waals surface area contributed by atoms with Gasteiger partial charge in [0, 0.05) is 29.9 Å². The number of carbonyl (C=O) groups excluding carboxylic acids is 4. The molecule has 4 unspecified atom stereocenters. The molecule has 1 aromatic heterocycles. The summed E-state index contributed by atoms with van der Waals surface area (Å²) in [5, 5.41) is 27.6. The van der Waals surface area contributed by atoms with Crippen molar-refractivity contribution >= 4 is 40.5 Å². The summed E-state index contributed by atoms with van der Waals surface area (Å²) in [5.74, 6) is -4.68. The van der Waals surface area contributed by atoms with E-state index < -0.39 is 60.2 Å². The number of phenols is 1. The smallest absolute Gasteiger partial charge is 0.326 e. The van der Waals surface area contributed by atoms with Crippen molar-refractivity contribution in [3.05, 3.63) is 102 Å². The van der Waals surface area contributed by atoms with Crippen molar-refractivity contribution in [3.63, 3.8) is 0 Å². The number of nitrogens with two attached hydrogens (primary N) is 2. The van der Waals surface area contributed by atoms with Crippen molar-refractivity contribution in [2.45, 2.75) is 49.9 Å². The molecule has 0 spiro atoms. The van der Waals surface area contributed by atoms with Crippen LogP contribution in [0.1, 0.15) is 23.1 Å². The summed E-state index contributed by atoms with van der Waals surface area (Å²) >= 11 is 0. The van der Waals surface area contributed by atoms with Crippen LogP contribution in [0.4, 0.5) is 0 Å². The number of aliphatic carboxylic acids is 1. The molecule has 13 heteroatoms. The van der Waals surface area contributed by atoms with Crippen LogP contribution in [0.15, 0.2) is 85.1 Å². The molecule has 4 atom stereocenters. The van der Waals surface area contributed by atoms with Gasteiger partial charge in [0.1, 0.15) is 23.9 Å². The van der Waals surface area contributed by atoms with Gasteiger partial charge in [-0.05, 0) is 41.3 Å². The third kappa shape index (κ3) is 9.16. The number of hydrogen-bond donors (Lipinski definition) is 8. The number of hydrogen-bond acceptors (Lipinski definition) is 7. The maximum Gasteiger partial charge on any atom is 0.326 e. The van der Waals surface area contributed by atoms with E-state index in [0.717, 1.165) is 16.5 Å². The zero-order chi connectivity index (χ0) is 33.2. The minimum absolute atomic E-state index is 0.00313. The number of phenolic OH excluding ortho intramolecular Hbond substituents is 1. The quantitative estimate of drug-likeness (QED) is 0.0929. The summed E-state index contributed by atoms with van der Waals surface area (Å²) in [5.41, 5.74) is 14.4. The summed E-state index contributed by atoms with van der Waals surface area (Å²) in [6.07, 6.45) is 1.14. The van der Waals surface area contributed by atoms with E-state index in [1.165, 1.54) is 24.3 Å². The van der Waals surface area contributed by atoms with E-state index in [2.05, 4.69) is 20.9 Å². The number of aromatic amines is 1. The van der Waals surface area contributed by atoms with E-state index in [1.807, 2.05) is 54.6 Å². The Morgan fingerprint density at radius 2 is 1.28 bits per heavy atom. The summed E-state index contributed by atoms with van der Waals surface area (Å²) in [7, 11) is 0. The van der Waals surface area contributed by atoms with E-state index in [1.54, 1.807) is 6.20 Å². The van der Waals surface area contributed by atoms with Gasteiger partial charge >= 0.3 is 5.97 Å². The molecule has 240 valence electrons. The molecule has 0 bridgehead atoms. The SMILES string of the molecule is NC(=O)CC(NC(=O)C(Cc1c[nH]c2ccccc12)NC(=O)C(N)Cc1ccccc1)C(=O)NC(Cc1ccc(O)cc1)C(=O)O. The number of fused-ring (bicyclic) bond motifs is 1. The summed E-state index contributed by atoms with van der Waals surface area (Å²) in [6.45, 7) is 0. The lowest BCUT2D eigenvalue weighted by Gasteiger charge is -2.25. The van der Waals surface area contributed by atoms with Crippen LogP contribution in [0.5, 0.6) is 5.75 Å². The molecular weight excluding hydrogens is 592 g/mol. The van der Waals surface area contributed by atoms with Crippen LogP contribution in [0.2, 0.25) is 0 Å². The number of H-pyrrole nitrogens is 1. The highest BCUT2D eigenvalue weighted by Crippen LogP contribution is 2.19. The van der Waals surface area contributed by atoms with Crippen molar-refractivity contribution in [2.24, 2.45) is 11.5 Å². The first-order valence-electron chi connectivity index (χ1n) is 14.5. The fourth-order valence-electron chi connectivity index (χ4n) is 4.99. The van der Waals surface area contributed by atoms with Crippen molar-refractivity contribution < 1.29 is 34.2 Å². The molecule has 0 aliphatic rings. The average molecular weight is 629 g/mol. The Hall–Kier alpha value is -5.69. The number of carbonyl (C=O) groups is 5. The predicted octanol–water partition coefficient (Wildman–Crippen LogP) is 0.643. The van der Waals surface area contributed by atoms with E-state index >= 15 is 0 Å². The van der Waals surface area contributed by atoms with Crippen LogP contribution in [-0.2, 0) is 43.2 Å². The molecule has 0 saturated carbocycles. The molecule has 0 saturated heterocycles. The fraction of sp³-hybridized carbons (Fsp3) is 0.242. The summed E-state index contributed by atoms with van der Waals surface area (Å²) < 4.78 is 0. The summed E-state index contributed by atoms with van der Waals surface area (Å²) in [6, 6.07) is 17.0. The highest BCUT2D eigenvalue weighted by atomic mass is 16.4. The Morgan fingerprint density at radius 1 is 0.696 bits per heavy atom. The second-order valence-corrected chi connectivity index (χ2v) is 10.9. The molecule has 13 nitrogen and oxygen atoms in total. The van der Waals surface area contributed by atoms with Crippen LogP contribution in [0, 0.1) is 0 Å². The second-order valence-electron chi connectivity index (χ2n) is 10.9. The molecule has 46 heavy (non-hydrogen) atoms. The third-order valence-electron chi connectivity index (χ3n) is 7.40. The first-order chi connectivity index (χ1) is 22.0. The van der Waals surface area contributed by atoms with Crippen molar-refractivity contribution in [2.75, 3.05) is 0 Å². The Bertz CT molecular complexity index is 1690. The molecule has 1 heterocycles. The number of primary amides is 1. The number of carboxylic acid groups (broad SMARTS) is 1. The average Bonchev–Trinajstić information content (AvgIpc) is 3.43. The fourth-order valence-corrected chi connectivity index (χ4v) is 4.99.